The highest BCUT2D eigenvalue weighted by molar-refractivity contribution is 5.75. The highest BCUT2D eigenvalue weighted by Crippen LogP contribution is 2.08. The Bertz CT molecular complexity index is 551. The predicted molar refractivity (Wildman–Crippen MR) is 94.3 cm³/mol. The Morgan fingerprint density at radius 1 is 1.09 bits per heavy atom. The van der Waals surface area contributed by atoms with Crippen LogP contribution in [0.5, 0.6) is 0 Å². The van der Waals surface area contributed by atoms with E-state index in [4.69, 9.17) is 4.42 Å². The Labute approximate surface area is 133 Å². The van der Waals surface area contributed by atoms with E-state index >= 15 is 0 Å². The summed E-state index contributed by atoms with van der Waals surface area (Å²) >= 11 is 0. The molecule has 0 fully saturated rings. The number of rotatable bonds is 5. The van der Waals surface area contributed by atoms with Gasteiger partial charge in [0.2, 0.25) is 0 Å². The Morgan fingerprint density at radius 2 is 1.73 bits per heavy atom. The van der Waals surface area contributed by atoms with Gasteiger partial charge in [-0.3, -0.25) is 0 Å². The quantitative estimate of drug-likeness (QED) is 0.826. The van der Waals surface area contributed by atoms with E-state index < -0.39 is 0 Å². The molecular formula is C17H29N3O2. The summed E-state index contributed by atoms with van der Waals surface area (Å²) in [5, 5.41) is 4.08. The minimum absolute atomic E-state index is 0.302. The standard InChI is InChI=1S/C9H6O2.C7H18N2.CH5N/c10-9-6-5-7-3-1-2-4-8(7)11-9;1-4-9(5-2)7-6-8-3;1-2/h1-6H;8H,4-7H2,1-3H3;2H2,1H3. The maximum Gasteiger partial charge on any atom is 0.336 e. The molecule has 0 radical (unpaired) electrons. The molecule has 5 heteroatoms. The third-order valence-electron chi connectivity index (χ3n) is 3.10. The highest BCUT2D eigenvalue weighted by Gasteiger charge is 1.94. The van der Waals surface area contributed by atoms with Crippen molar-refractivity contribution in [2.75, 3.05) is 40.3 Å². The van der Waals surface area contributed by atoms with E-state index in [1.807, 2.05) is 25.2 Å². The van der Waals surface area contributed by atoms with Crippen molar-refractivity contribution in [1.82, 2.24) is 10.2 Å². The van der Waals surface area contributed by atoms with Crippen LogP contribution >= 0.6 is 0 Å². The number of nitrogens with one attached hydrogen (secondary N) is 1. The second-order valence-corrected chi connectivity index (χ2v) is 4.42. The zero-order valence-corrected chi connectivity index (χ0v) is 14.1. The third-order valence-corrected chi connectivity index (χ3v) is 3.10. The number of likely N-dealkylation sites (N-methyl/N-ethyl adjacent to an activating group) is 2. The number of hydrogen-bond acceptors (Lipinski definition) is 5. The van der Waals surface area contributed by atoms with Gasteiger partial charge in [0.1, 0.15) is 5.58 Å². The van der Waals surface area contributed by atoms with E-state index in [9.17, 15) is 4.79 Å². The van der Waals surface area contributed by atoms with Crippen LogP contribution in [0.3, 0.4) is 0 Å². The fourth-order valence-electron chi connectivity index (χ4n) is 1.82. The van der Waals surface area contributed by atoms with Crippen molar-refractivity contribution >= 4 is 11.0 Å². The molecule has 5 nitrogen and oxygen atoms in total. The first-order chi connectivity index (χ1) is 10.7. The van der Waals surface area contributed by atoms with Gasteiger partial charge in [0.05, 0.1) is 0 Å². The fourth-order valence-corrected chi connectivity index (χ4v) is 1.82. The monoisotopic (exact) mass is 307 g/mol. The molecule has 0 aliphatic carbocycles. The average Bonchev–Trinajstić information content (AvgIpc) is 2.58. The molecule has 0 spiro atoms. The molecule has 3 N–H and O–H groups in total. The van der Waals surface area contributed by atoms with Gasteiger partial charge in [-0.15, -0.1) is 0 Å². The molecule has 0 aliphatic rings. The summed E-state index contributed by atoms with van der Waals surface area (Å²) in [6.07, 6.45) is 0. The number of benzene rings is 1. The lowest BCUT2D eigenvalue weighted by atomic mass is 10.2. The van der Waals surface area contributed by atoms with Crippen molar-refractivity contribution in [3.63, 3.8) is 0 Å². The van der Waals surface area contributed by atoms with Gasteiger partial charge in [0.25, 0.3) is 0 Å². The fraction of sp³-hybridized carbons (Fsp3) is 0.471. The maximum absolute atomic E-state index is 10.7. The summed E-state index contributed by atoms with van der Waals surface area (Å²) in [5.41, 5.74) is 4.84. The van der Waals surface area contributed by atoms with Gasteiger partial charge in [-0.2, -0.15) is 0 Å². The molecule has 1 heterocycles. The summed E-state index contributed by atoms with van der Waals surface area (Å²) in [4.78, 5) is 13.1. The Hall–Kier alpha value is -1.69. The topological polar surface area (TPSA) is 71.5 Å². The van der Waals surface area contributed by atoms with Crippen LogP contribution in [0.15, 0.2) is 45.6 Å². The van der Waals surface area contributed by atoms with Gasteiger partial charge < -0.3 is 20.4 Å². The van der Waals surface area contributed by atoms with Crippen molar-refractivity contribution in [2.45, 2.75) is 13.8 Å². The smallest absolute Gasteiger partial charge is 0.336 e. The summed E-state index contributed by atoms with van der Waals surface area (Å²) < 4.78 is 4.91. The van der Waals surface area contributed by atoms with Crippen LogP contribution in [0.1, 0.15) is 13.8 Å². The average molecular weight is 307 g/mol. The van der Waals surface area contributed by atoms with Gasteiger partial charge in [0, 0.05) is 24.5 Å². The number of hydrogen-bond donors (Lipinski definition) is 2. The molecule has 0 saturated carbocycles. The van der Waals surface area contributed by atoms with Gasteiger partial charge in [0.15, 0.2) is 0 Å². The summed E-state index contributed by atoms with van der Waals surface area (Å²) in [5.74, 6) is 0. The molecule has 0 bridgehead atoms. The largest absolute Gasteiger partial charge is 0.423 e. The molecule has 2 aromatic rings. The molecule has 0 atom stereocenters. The van der Waals surface area contributed by atoms with Gasteiger partial charge in [-0.25, -0.2) is 4.79 Å². The molecule has 0 saturated heterocycles. The van der Waals surface area contributed by atoms with Crippen LogP contribution in [-0.2, 0) is 0 Å². The van der Waals surface area contributed by atoms with E-state index in [0.717, 1.165) is 25.0 Å². The lowest BCUT2D eigenvalue weighted by Gasteiger charge is -2.16. The van der Waals surface area contributed by atoms with Crippen LogP contribution in [0.25, 0.3) is 11.0 Å². The molecule has 0 aliphatic heterocycles. The van der Waals surface area contributed by atoms with Crippen molar-refractivity contribution in [2.24, 2.45) is 5.73 Å². The van der Waals surface area contributed by atoms with Crippen molar-refractivity contribution in [3.8, 4) is 0 Å². The molecular weight excluding hydrogens is 278 g/mol. The Balaban J connectivity index is 0.000000369. The van der Waals surface area contributed by atoms with E-state index in [2.05, 4.69) is 29.8 Å². The molecule has 124 valence electrons. The molecule has 0 amide bonds. The van der Waals surface area contributed by atoms with Crippen LogP contribution in [-0.4, -0.2) is 45.2 Å². The second kappa shape index (κ2) is 13.0. The van der Waals surface area contributed by atoms with Crippen molar-refractivity contribution < 1.29 is 4.42 Å². The van der Waals surface area contributed by atoms with Crippen LogP contribution < -0.4 is 16.7 Å². The molecule has 22 heavy (non-hydrogen) atoms. The molecule has 0 unspecified atom stereocenters. The first-order valence-corrected chi connectivity index (χ1v) is 7.64. The van der Waals surface area contributed by atoms with Crippen LogP contribution in [0.4, 0.5) is 0 Å². The first kappa shape index (κ1) is 20.3. The minimum atomic E-state index is -0.302. The zero-order chi connectivity index (χ0) is 16.8. The first-order valence-electron chi connectivity index (χ1n) is 7.64. The van der Waals surface area contributed by atoms with Crippen molar-refractivity contribution in [3.05, 3.63) is 46.8 Å². The SMILES string of the molecule is CCN(CC)CCNC.CN.O=c1ccc2ccccc2o1. The minimum Gasteiger partial charge on any atom is -0.423 e. The van der Waals surface area contributed by atoms with Gasteiger partial charge in [-0.05, 0) is 39.3 Å². The van der Waals surface area contributed by atoms with Crippen molar-refractivity contribution in [1.29, 1.82) is 0 Å². The summed E-state index contributed by atoms with van der Waals surface area (Å²) in [7, 11) is 3.49. The number of fused-ring (bicyclic) bond motifs is 1. The van der Waals surface area contributed by atoms with Gasteiger partial charge in [-0.1, -0.05) is 32.0 Å². The van der Waals surface area contributed by atoms with E-state index in [1.54, 1.807) is 12.1 Å². The summed E-state index contributed by atoms with van der Waals surface area (Å²) in [6, 6.07) is 10.6. The Morgan fingerprint density at radius 3 is 2.32 bits per heavy atom. The highest BCUT2D eigenvalue weighted by atomic mass is 16.4. The summed E-state index contributed by atoms with van der Waals surface area (Å²) in [6.45, 7) is 8.99. The second-order valence-electron chi connectivity index (χ2n) is 4.42. The lowest BCUT2D eigenvalue weighted by Crippen LogP contribution is -2.30. The van der Waals surface area contributed by atoms with E-state index in [-0.39, 0.29) is 5.63 Å². The predicted octanol–water partition coefficient (Wildman–Crippen LogP) is 1.92. The van der Waals surface area contributed by atoms with Crippen LogP contribution in [0.2, 0.25) is 0 Å². The molecule has 1 aromatic carbocycles. The molecule has 1 aromatic heterocycles. The van der Waals surface area contributed by atoms with Crippen LogP contribution in [0, 0.1) is 0 Å². The van der Waals surface area contributed by atoms with Gasteiger partial charge >= 0.3 is 5.63 Å². The number of para-hydroxylation sites is 1. The molecule has 2 rings (SSSR count). The lowest BCUT2D eigenvalue weighted by molar-refractivity contribution is 0.305. The number of nitrogens with two attached hydrogens (primary N) is 1. The van der Waals surface area contributed by atoms with E-state index in [1.165, 1.54) is 19.7 Å². The number of nitrogens with zero attached hydrogens (tertiary/aromatic N) is 1. The normalized spacial score (nSPS) is 9.73. The Kier molecular flexibility index (Phi) is 12.0. The zero-order valence-electron chi connectivity index (χ0n) is 14.1. The third kappa shape index (κ3) is 7.93. The van der Waals surface area contributed by atoms with E-state index in [0.29, 0.717) is 5.58 Å². The maximum atomic E-state index is 10.7.